The second-order valence-corrected chi connectivity index (χ2v) is 6.48. The molecule has 0 aliphatic rings. The molecule has 0 saturated heterocycles. The first-order chi connectivity index (χ1) is 12.0. The molecule has 5 nitrogen and oxygen atoms in total. The van der Waals surface area contributed by atoms with Gasteiger partial charge in [0.05, 0.1) is 6.61 Å². The van der Waals surface area contributed by atoms with E-state index >= 15 is 0 Å². The van der Waals surface area contributed by atoms with Crippen LogP contribution in [0, 0.1) is 0 Å². The van der Waals surface area contributed by atoms with Crippen LogP contribution in [0.5, 0.6) is 5.75 Å². The van der Waals surface area contributed by atoms with Gasteiger partial charge < -0.3 is 9.64 Å². The lowest BCUT2D eigenvalue weighted by molar-refractivity contribution is 0.220. The zero-order chi connectivity index (χ0) is 18.7. The van der Waals surface area contributed by atoms with Crippen LogP contribution in [0.3, 0.4) is 0 Å². The van der Waals surface area contributed by atoms with Crippen molar-refractivity contribution < 1.29 is 4.74 Å². The van der Waals surface area contributed by atoms with E-state index in [9.17, 15) is 0 Å². The van der Waals surface area contributed by atoms with Crippen molar-refractivity contribution in [1.29, 1.82) is 0 Å². The minimum Gasteiger partial charge on any atom is -0.494 e. The molecule has 0 aliphatic heterocycles. The summed E-state index contributed by atoms with van der Waals surface area (Å²) >= 11 is 0. The summed E-state index contributed by atoms with van der Waals surface area (Å²) in [5.41, 5.74) is 1.30. The number of rotatable bonds is 13. The zero-order valence-electron chi connectivity index (χ0n) is 16.7. The van der Waals surface area contributed by atoms with Gasteiger partial charge in [0.25, 0.3) is 0 Å². The molecule has 0 saturated carbocycles. The van der Waals surface area contributed by atoms with Crippen molar-refractivity contribution >= 4 is 6.72 Å². The molecule has 5 heteroatoms. The van der Waals surface area contributed by atoms with Crippen molar-refractivity contribution in [2.45, 2.75) is 33.2 Å². The second kappa shape index (κ2) is 11.9. The summed E-state index contributed by atoms with van der Waals surface area (Å²) in [5.74, 6) is 0.953. The van der Waals surface area contributed by atoms with Crippen molar-refractivity contribution in [2.75, 3.05) is 53.4 Å². The van der Waals surface area contributed by atoms with Crippen molar-refractivity contribution in [3.8, 4) is 5.75 Å². The van der Waals surface area contributed by atoms with Crippen LogP contribution in [0.25, 0.3) is 0 Å². The molecule has 0 fully saturated rings. The summed E-state index contributed by atoms with van der Waals surface area (Å²) in [7, 11) is 4.08. The van der Waals surface area contributed by atoms with Gasteiger partial charge in [0, 0.05) is 39.4 Å². The molecule has 0 amide bonds. The van der Waals surface area contributed by atoms with E-state index in [2.05, 4.69) is 73.7 Å². The van der Waals surface area contributed by atoms with Gasteiger partial charge in [-0.1, -0.05) is 26.0 Å². The van der Waals surface area contributed by atoms with Crippen LogP contribution in [0.2, 0.25) is 0 Å². The number of hydrogen-bond donors (Lipinski definition) is 0. The summed E-state index contributed by atoms with van der Waals surface area (Å²) in [6.45, 7) is 16.1. The maximum absolute atomic E-state index is 5.87. The molecule has 1 atom stereocenters. The Bertz CT molecular complexity index is 473. The monoisotopic (exact) mass is 348 g/mol. The molecule has 1 aromatic rings. The number of likely N-dealkylation sites (N-methyl/N-ethyl adjacent to an activating group) is 2. The van der Waals surface area contributed by atoms with Crippen LogP contribution in [0.15, 0.2) is 29.4 Å². The lowest BCUT2D eigenvalue weighted by Crippen LogP contribution is -2.30. The summed E-state index contributed by atoms with van der Waals surface area (Å²) in [4.78, 5) is 4.74. The summed E-state index contributed by atoms with van der Waals surface area (Å²) in [5, 5.41) is 5.76. The van der Waals surface area contributed by atoms with Gasteiger partial charge in [-0.15, -0.1) is 0 Å². The average molecular weight is 349 g/mol. The van der Waals surface area contributed by atoms with E-state index in [-0.39, 0.29) is 0 Å². The third kappa shape index (κ3) is 7.88. The maximum Gasteiger partial charge on any atom is 0.119 e. The fraction of sp³-hybridized carbons (Fsp3) is 0.650. The number of ether oxygens (including phenoxy) is 1. The normalized spacial score (nSPS) is 12.4. The summed E-state index contributed by atoms with van der Waals surface area (Å²) in [6.07, 6.45) is 1.06. The molecule has 1 rings (SSSR count). The quantitative estimate of drug-likeness (QED) is 0.311. The Balaban J connectivity index is 2.40. The third-order valence-corrected chi connectivity index (χ3v) is 4.82. The Hall–Kier alpha value is -1.59. The first kappa shape index (κ1) is 21.5. The molecule has 1 aromatic carbocycles. The second-order valence-electron chi connectivity index (χ2n) is 6.48. The Morgan fingerprint density at radius 3 is 2.24 bits per heavy atom. The Morgan fingerprint density at radius 2 is 1.68 bits per heavy atom. The van der Waals surface area contributed by atoms with Gasteiger partial charge in [-0.25, -0.2) is 0 Å². The standard InChI is InChI=1S/C20H36N4O/c1-7-24(8-2)14-9-17-25-20-12-10-19(11-13-20)18(3)22(5)15-16-23(6)21-4/h10-13,18H,4,7-9,14-17H2,1-3,5-6H3. The van der Waals surface area contributed by atoms with E-state index in [1.54, 1.807) is 0 Å². The largest absolute Gasteiger partial charge is 0.494 e. The number of hydrazone groups is 1. The smallest absolute Gasteiger partial charge is 0.119 e. The molecule has 0 radical (unpaired) electrons. The molecule has 0 spiro atoms. The van der Waals surface area contributed by atoms with Crippen molar-refractivity contribution in [3.05, 3.63) is 29.8 Å². The molecule has 1 unspecified atom stereocenters. The minimum absolute atomic E-state index is 0.356. The van der Waals surface area contributed by atoms with Gasteiger partial charge in [-0.2, -0.15) is 5.10 Å². The van der Waals surface area contributed by atoms with Crippen LogP contribution < -0.4 is 4.74 Å². The fourth-order valence-corrected chi connectivity index (χ4v) is 2.68. The Kier molecular flexibility index (Phi) is 10.2. The molecular formula is C20H36N4O. The summed E-state index contributed by atoms with van der Waals surface area (Å²) < 4.78 is 5.87. The Labute approximate surface area is 154 Å². The Morgan fingerprint density at radius 1 is 1.04 bits per heavy atom. The van der Waals surface area contributed by atoms with E-state index < -0.39 is 0 Å². The third-order valence-electron chi connectivity index (χ3n) is 4.82. The molecule has 25 heavy (non-hydrogen) atoms. The predicted molar refractivity (Wildman–Crippen MR) is 108 cm³/mol. The SMILES string of the molecule is C=NN(C)CCN(C)C(C)c1ccc(OCCCN(CC)CC)cc1. The molecule has 0 heterocycles. The van der Waals surface area contributed by atoms with E-state index in [1.807, 2.05) is 12.1 Å². The predicted octanol–water partition coefficient (Wildman–Crippen LogP) is 3.34. The molecule has 0 aliphatic carbocycles. The van der Waals surface area contributed by atoms with E-state index in [1.165, 1.54) is 5.56 Å². The minimum atomic E-state index is 0.356. The van der Waals surface area contributed by atoms with Crippen molar-refractivity contribution in [2.24, 2.45) is 5.10 Å². The van der Waals surface area contributed by atoms with Crippen molar-refractivity contribution in [3.63, 3.8) is 0 Å². The van der Waals surface area contributed by atoms with Gasteiger partial charge >= 0.3 is 0 Å². The highest BCUT2D eigenvalue weighted by molar-refractivity contribution is 5.29. The van der Waals surface area contributed by atoms with E-state index in [4.69, 9.17) is 4.74 Å². The van der Waals surface area contributed by atoms with Crippen LogP contribution >= 0.6 is 0 Å². The van der Waals surface area contributed by atoms with Gasteiger partial charge in [0.15, 0.2) is 0 Å². The highest BCUT2D eigenvalue weighted by atomic mass is 16.5. The molecule has 0 aromatic heterocycles. The van der Waals surface area contributed by atoms with Crippen LogP contribution in [0.1, 0.15) is 38.8 Å². The maximum atomic E-state index is 5.87. The average Bonchev–Trinajstić information content (AvgIpc) is 2.65. The molecular weight excluding hydrogens is 312 g/mol. The highest BCUT2D eigenvalue weighted by Crippen LogP contribution is 2.21. The van der Waals surface area contributed by atoms with E-state index in [0.717, 1.165) is 51.5 Å². The first-order valence-corrected chi connectivity index (χ1v) is 9.34. The molecule has 0 bridgehead atoms. The zero-order valence-corrected chi connectivity index (χ0v) is 16.7. The topological polar surface area (TPSA) is 31.3 Å². The molecule has 0 N–H and O–H groups in total. The van der Waals surface area contributed by atoms with Gasteiger partial charge in [0.1, 0.15) is 5.75 Å². The van der Waals surface area contributed by atoms with Crippen LogP contribution in [-0.2, 0) is 0 Å². The highest BCUT2D eigenvalue weighted by Gasteiger charge is 2.12. The number of hydrogen-bond acceptors (Lipinski definition) is 5. The lowest BCUT2D eigenvalue weighted by Gasteiger charge is -2.26. The van der Waals surface area contributed by atoms with Crippen molar-refractivity contribution in [1.82, 2.24) is 14.8 Å². The van der Waals surface area contributed by atoms with Gasteiger partial charge in [-0.3, -0.25) is 9.91 Å². The van der Waals surface area contributed by atoms with E-state index in [0.29, 0.717) is 6.04 Å². The van der Waals surface area contributed by atoms with Gasteiger partial charge in [-0.05, 0) is 51.2 Å². The fourth-order valence-electron chi connectivity index (χ4n) is 2.68. The summed E-state index contributed by atoms with van der Waals surface area (Å²) in [6, 6.07) is 8.84. The van der Waals surface area contributed by atoms with Gasteiger partial charge in [0.2, 0.25) is 0 Å². The van der Waals surface area contributed by atoms with Crippen LogP contribution in [0.4, 0.5) is 0 Å². The number of nitrogens with zero attached hydrogens (tertiary/aromatic N) is 4. The molecule has 142 valence electrons. The lowest BCUT2D eigenvalue weighted by atomic mass is 10.1. The van der Waals surface area contributed by atoms with Crippen LogP contribution in [-0.4, -0.2) is 75.0 Å². The number of benzene rings is 1. The first-order valence-electron chi connectivity index (χ1n) is 9.34.